The Morgan fingerprint density at radius 3 is 2.50 bits per heavy atom. The first-order chi connectivity index (χ1) is 6.35. The van der Waals surface area contributed by atoms with Crippen molar-refractivity contribution in [3.8, 4) is 0 Å². The molecule has 7 heteroatoms. The zero-order valence-electron chi connectivity index (χ0n) is 7.60. The number of nitrogens with zero attached hydrogens (tertiary/aromatic N) is 2. The normalized spacial score (nSPS) is 12.1. The summed E-state index contributed by atoms with van der Waals surface area (Å²) in [7, 11) is -2.83. The molecule has 0 unspecified atom stereocenters. The first kappa shape index (κ1) is 11.4. The molecule has 1 aromatic heterocycles. The number of rotatable bonds is 2. The van der Waals surface area contributed by atoms with Gasteiger partial charge in [0.05, 0.1) is 5.69 Å². The minimum Gasteiger partial charge on any atom is -0.299 e. The topological polar surface area (TPSA) is 70.5 Å². The zero-order valence-corrected chi connectivity index (χ0v) is 9.17. The number of hydrogen-bond acceptors (Lipinski definition) is 4. The average molecular weight is 237 g/mol. The van der Waals surface area contributed by atoms with Crippen LogP contribution in [0, 0.1) is 6.92 Å². The fourth-order valence-corrected chi connectivity index (χ4v) is 2.07. The number of pyridine rings is 1. The second kappa shape index (κ2) is 3.82. The molecule has 0 bridgehead atoms. The number of aryl methyl sites for hydroxylation is 1. The van der Waals surface area contributed by atoms with Crippen molar-refractivity contribution in [2.24, 2.45) is 0 Å². The zero-order chi connectivity index (χ0) is 10.9. The maximum absolute atomic E-state index is 11.5. The molecule has 0 fully saturated rings. The third-order valence-corrected chi connectivity index (χ3v) is 3.52. The van der Waals surface area contributed by atoms with Crippen molar-refractivity contribution in [2.75, 3.05) is 7.05 Å². The van der Waals surface area contributed by atoms with Crippen LogP contribution in [0.1, 0.15) is 5.69 Å². The van der Waals surface area contributed by atoms with Gasteiger partial charge in [-0.3, -0.25) is 5.21 Å². The van der Waals surface area contributed by atoms with Crippen LogP contribution in [0.15, 0.2) is 17.0 Å². The SMILES string of the molecule is Cc1nc(Cl)ccc1S(=O)(=O)N(C)O. The Balaban J connectivity index is 3.35. The number of hydroxylamine groups is 1. The van der Waals surface area contributed by atoms with Gasteiger partial charge in [-0.15, -0.1) is 0 Å². The fourth-order valence-electron chi connectivity index (χ4n) is 0.933. The smallest absolute Gasteiger partial charge is 0.266 e. The van der Waals surface area contributed by atoms with E-state index in [2.05, 4.69) is 4.98 Å². The van der Waals surface area contributed by atoms with Gasteiger partial charge >= 0.3 is 0 Å². The lowest BCUT2D eigenvalue weighted by Crippen LogP contribution is -2.24. The number of halogens is 1. The minimum atomic E-state index is -3.86. The van der Waals surface area contributed by atoms with Crippen LogP contribution < -0.4 is 0 Å². The third-order valence-electron chi connectivity index (χ3n) is 1.63. The molecule has 14 heavy (non-hydrogen) atoms. The number of hydrogen-bond donors (Lipinski definition) is 1. The standard InChI is InChI=1S/C7H9ClN2O3S/c1-5-6(3-4-7(8)9-5)14(12,13)10(2)11/h3-4,11H,1-2H3. The number of aromatic nitrogens is 1. The summed E-state index contributed by atoms with van der Waals surface area (Å²) < 4.78 is 23.1. The van der Waals surface area contributed by atoms with Crippen LogP contribution in [0.25, 0.3) is 0 Å². The van der Waals surface area contributed by atoms with E-state index >= 15 is 0 Å². The molecule has 0 atom stereocenters. The van der Waals surface area contributed by atoms with E-state index in [1.165, 1.54) is 19.1 Å². The van der Waals surface area contributed by atoms with E-state index in [4.69, 9.17) is 16.8 Å². The highest BCUT2D eigenvalue weighted by atomic mass is 35.5. The lowest BCUT2D eigenvalue weighted by Gasteiger charge is -2.10. The predicted octanol–water partition coefficient (Wildman–Crippen LogP) is 1.05. The molecule has 0 aliphatic carbocycles. The maximum atomic E-state index is 11.5. The van der Waals surface area contributed by atoms with Crippen molar-refractivity contribution < 1.29 is 13.6 Å². The summed E-state index contributed by atoms with van der Waals surface area (Å²) in [4.78, 5) is 3.71. The van der Waals surface area contributed by atoms with Crippen LogP contribution in [-0.2, 0) is 10.0 Å². The molecule has 0 aliphatic rings. The largest absolute Gasteiger partial charge is 0.299 e. The lowest BCUT2D eigenvalue weighted by molar-refractivity contribution is 0.0309. The van der Waals surface area contributed by atoms with Crippen LogP contribution in [0.5, 0.6) is 0 Å². The monoisotopic (exact) mass is 236 g/mol. The maximum Gasteiger partial charge on any atom is 0.266 e. The molecule has 78 valence electrons. The summed E-state index contributed by atoms with van der Waals surface area (Å²) in [5.41, 5.74) is 0.249. The molecular weight excluding hydrogens is 228 g/mol. The highest BCUT2D eigenvalue weighted by Crippen LogP contribution is 2.18. The molecule has 5 nitrogen and oxygen atoms in total. The van der Waals surface area contributed by atoms with E-state index in [-0.39, 0.29) is 20.2 Å². The molecule has 1 heterocycles. The van der Waals surface area contributed by atoms with Crippen molar-refractivity contribution in [1.82, 2.24) is 9.45 Å². The number of sulfonamides is 1. The summed E-state index contributed by atoms with van der Waals surface area (Å²) in [5, 5.41) is 9.12. The van der Waals surface area contributed by atoms with E-state index < -0.39 is 10.0 Å². The van der Waals surface area contributed by atoms with Crippen LogP contribution in [-0.4, -0.2) is 30.1 Å². The summed E-state index contributed by atoms with van der Waals surface area (Å²) in [5.74, 6) is 0. The Kier molecular flexibility index (Phi) is 3.10. The molecule has 0 aliphatic heterocycles. The van der Waals surface area contributed by atoms with Gasteiger partial charge in [0.1, 0.15) is 10.0 Å². The van der Waals surface area contributed by atoms with Gasteiger partial charge in [-0.2, -0.15) is 0 Å². The average Bonchev–Trinajstić information content (AvgIpc) is 2.02. The Labute approximate surface area is 87.0 Å². The van der Waals surface area contributed by atoms with Crippen molar-refractivity contribution in [3.05, 3.63) is 23.0 Å². The van der Waals surface area contributed by atoms with E-state index in [1.807, 2.05) is 0 Å². The molecule has 0 saturated carbocycles. The molecule has 0 spiro atoms. The van der Waals surface area contributed by atoms with Gasteiger partial charge in [0.2, 0.25) is 0 Å². The Morgan fingerprint density at radius 2 is 2.07 bits per heavy atom. The lowest BCUT2D eigenvalue weighted by atomic mass is 10.4. The molecule has 0 radical (unpaired) electrons. The summed E-state index contributed by atoms with van der Waals surface area (Å²) in [6.45, 7) is 1.50. The molecule has 0 amide bonds. The molecular formula is C7H9ClN2O3S. The summed E-state index contributed by atoms with van der Waals surface area (Å²) >= 11 is 5.56. The van der Waals surface area contributed by atoms with Gasteiger partial charge in [0, 0.05) is 7.05 Å². The highest BCUT2D eigenvalue weighted by molar-refractivity contribution is 7.89. The van der Waals surface area contributed by atoms with E-state index in [0.29, 0.717) is 0 Å². The Hall–Kier alpha value is -0.690. The molecule has 0 aromatic carbocycles. The van der Waals surface area contributed by atoms with Gasteiger partial charge in [-0.1, -0.05) is 16.1 Å². The molecule has 1 N–H and O–H groups in total. The van der Waals surface area contributed by atoms with Crippen molar-refractivity contribution in [2.45, 2.75) is 11.8 Å². The second-order valence-electron chi connectivity index (χ2n) is 2.66. The van der Waals surface area contributed by atoms with E-state index in [0.717, 1.165) is 7.05 Å². The minimum absolute atomic E-state index is 0.0631. The van der Waals surface area contributed by atoms with Gasteiger partial charge in [-0.25, -0.2) is 13.4 Å². The quantitative estimate of drug-likeness (QED) is 0.616. The molecule has 1 aromatic rings. The molecule has 0 saturated heterocycles. The molecule has 1 rings (SSSR count). The Morgan fingerprint density at radius 1 is 1.50 bits per heavy atom. The van der Waals surface area contributed by atoms with Crippen molar-refractivity contribution in [3.63, 3.8) is 0 Å². The summed E-state index contributed by atoms with van der Waals surface area (Å²) in [6, 6.07) is 2.65. The van der Waals surface area contributed by atoms with Gasteiger partial charge in [0.15, 0.2) is 0 Å². The highest BCUT2D eigenvalue weighted by Gasteiger charge is 2.21. The van der Waals surface area contributed by atoms with Crippen molar-refractivity contribution >= 4 is 21.6 Å². The van der Waals surface area contributed by atoms with Gasteiger partial charge in [-0.05, 0) is 19.1 Å². The first-order valence-corrected chi connectivity index (χ1v) is 5.48. The Bertz CT molecular complexity index is 444. The van der Waals surface area contributed by atoms with E-state index in [9.17, 15) is 8.42 Å². The van der Waals surface area contributed by atoms with Gasteiger partial charge < -0.3 is 0 Å². The van der Waals surface area contributed by atoms with E-state index in [1.54, 1.807) is 0 Å². The summed E-state index contributed by atoms with van der Waals surface area (Å²) in [6.07, 6.45) is 0. The van der Waals surface area contributed by atoms with Gasteiger partial charge in [0.25, 0.3) is 10.0 Å². The predicted molar refractivity (Wildman–Crippen MR) is 50.7 cm³/mol. The van der Waals surface area contributed by atoms with Crippen molar-refractivity contribution in [1.29, 1.82) is 0 Å². The third kappa shape index (κ3) is 2.03. The second-order valence-corrected chi connectivity index (χ2v) is 4.96. The van der Waals surface area contributed by atoms with Crippen LogP contribution in [0.3, 0.4) is 0 Å². The van der Waals surface area contributed by atoms with Crippen LogP contribution in [0.4, 0.5) is 0 Å². The van der Waals surface area contributed by atoms with Crippen LogP contribution in [0.2, 0.25) is 5.15 Å². The first-order valence-electron chi connectivity index (χ1n) is 3.66. The fraction of sp³-hybridized carbons (Fsp3) is 0.286. The van der Waals surface area contributed by atoms with Crippen LogP contribution >= 0.6 is 11.6 Å².